The van der Waals surface area contributed by atoms with Gasteiger partial charge in [0.2, 0.25) is 11.6 Å². The van der Waals surface area contributed by atoms with Crippen molar-refractivity contribution < 1.29 is 22.3 Å². The number of anilines is 1. The Hall–Kier alpha value is -4.96. The van der Waals surface area contributed by atoms with E-state index in [2.05, 4.69) is 132 Å². The van der Waals surface area contributed by atoms with Crippen LogP contribution in [0.4, 0.5) is 11.4 Å². The number of carbonyl (C=O) groups excluding carboxylic acids is 1. The van der Waals surface area contributed by atoms with E-state index in [1.54, 1.807) is 12.1 Å². The lowest BCUT2D eigenvalue weighted by Gasteiger charge is -2.27. The fourth-order valence-electron chi connectivity index (χ4n) is 7.77. The number of carbonyl (C=O) groups is 1. The number of fused-ring (bicyclic) bond motifs is 2. The van der Waals surface area contributed by atoms with Gasteiger partial charge in [0.25, 0.3) is 10.1 Å². The Bertz CT molecular complexity index is 2150. The Morgan fingerprint density at radius 2 is 1.75 bits per heavy atom. The molecule has 0 spiro atoms. The lowest BCUT2D eigenvalue weighted by molar-refractivity contribution is -0.438. The summed E-state index contributed by atoms with van der Waals surface area (Å²) in [6.45, 7) is 13.3. The van der Waals surface area contributed by atoms with Crippen molar-refractivity contribution in [3.8, 4) is 0 Å². The van der Waals surface area contributed by atoms with E-state index in [0.717, 1.165) is 55.6 Å². The molecule has 11 heteroatoms. The van der Waals surface area contributed by atoms with Gasteiger partial charge in [0.15, 0.2) is 5.71 Å². The fourth-order valence-corrected chi connectivity index (χ4v) is 8.28. The van der Waals surface area contributed by atoms with E-state index in [-0.39, 0.29) is 16.2 Å². The van der Waals surface area contributed by atoms with Crippen molar-refractivity contribution in [1.82, 2.24) is 5.32 Å². The molecule has 0 bridgehead atoms. The van der Waals surface area contributed by atoms with Gasteiger partial charge in [-0.15, -0.1) is 0 Å². The van der Waals surface area contributed by atoms with Crippen LogP contribution in [0.15, 0.2) is 118 Å². The van der Waals surface area contributed by atoms with Crippen molar-refractivity contribution in [2.45, 2.75) is 95.3 Å². The first-order chi connectivity index (χ1) is 26.2. The van der Waals surface area contributed by atoms with Crippen LogP contribution in [-0.2, 0) is 25.7 Å². The Balaban J connectivity index is 1.39. The van der Waals surface area contributed by atoms with Crippen LogP contribution in [0.5, 0.6) is 0 Å². The third-order valence-corrected chi connectivity index (χ3v) is 11.6. The first-order valence-electron chi connectivity index (χ1n) is 19.3. The number of rotatable bonds is 17. The molecule has 2 aromatic carbocycles. The number of hydrogen-bond donors (Lipinski definition) is 2. The lowest BCUT2D eigenvalue weighted by Crippen LogP contribution is -2.28. The molecule has 2 aromatic rings. The highest BCUT2D eigenvalue weighted by Crippen LogP contribution is 2.48. The zero-order valence-corrected chi connectivity index (χ0v) is 33.6. The van der Waals surface area contributed by atoms with E-state index in [1.807, 2.05) is 6.08 Å². The van der Waals surface area contributed by atoms with Gasteiger partial charge in [0.1, 0.15) is 6.54 Å². The van der Waals surface area contributed by atoms with Crippen LogP contribution in [0.2, 0.25) is 0 Å². The van der Waals surface area contributed by atoms with Crippen LogP contribution >= 0.6 is 0 Å². The number of benzene rings is 2. The summed E-state index contributed by atoms with van der Waals surface area (Å²) in [5.41, 5.74) is 16.7. The minimum absolute atomic E-state index is 0.0147. The van der Waals surface area contributed by atoms with Gasteiger partial charge in [-0.05, 0) is 93.8 Å². The normalized spacial score (nSPS) is 18.8. The summed E-state index contributed by atoms with van der Waals surface area (Å²) in [6.07, 6.45) is 26.6. The number of aryl methyl sites for hydroxylation is 1. The number of amides is 1. The van der Waals surface area contributed by atoms with Gasteiger partial charge in [-0.25, -0.2) is 0 Å². The standard InChI is InChI=1S/C44H54N6O4S/c1-33-23-25-38-36(31-33)43(2,3)40(50(38)30-15-19-34-17-10-7-6-8-11-18-34)20-14-21-41-44(4,5)37-32-35(55(52,53)54)24-26-39(37)49(41)29-13-9-12-22-42(51)46-27-16-28-47-48-45/h6-8,10-11,14,17-18,20-21,23-26,31-32H,9,12-13,15-16,19,22,27-30H2,1-5H3,(H-,46,51,52,53,54)/p+1/b7-6-,8-6?,10-7?,11-8-,17-10?,18-11?,34-17?,34-18?. The maximum Gasteiger partial charge on any atom is 0.294 e. The summed E-state index contributed by atoms with van der Waals surface area (Å²) in [6, 6.07) is 11.6. The van der Waals surface area contributed by atoms with Crippen LogP contribution in [0.25, 0.3) is 10.4 Å². The fraction of sp³-hybridized carbons (Fsp3) is 0.409. The highest BCUT2D eigenvalue weighted by atomic mass is 32.2. The summed E-state index contributed by atoms with van der Waals surface area (Å²) >= 11 is 0. The van der Waals surface area contributed by atoms with Gasteiger partial charge >= 0.3 is 0 Å². The zero-order valence-electron chi connectivity index (χ0n) is 32.8. The van der Waals surface area contributed by atoms with Gasteiger partial charge in [-0.3, -0.25) is 9.35 Å². The van der Waals surface area contributed by atoms with E-state index >= 15 is 0 Å². The highest BCUT2D eigenvalue weighted by molar-refractivity contribution is 7.85. The van der Waals surface area contributed by atoms with Gasteiger partial charge in [-0.1, -0.05) is 85.3 Å². The van der Waals surface area contributed by atoms with Crippen LogP contribution in [0.1, 0.15) is 89.3 Å². The molecule has 0 unspecified atom stereocenters. The van der Waals surface area contributed by atoms with Crippen LogP contribution < -0.4 is 10.2 Å². The second kappa shape index (κ2) is 18.1. The molecule has 2 N–H and O–H groups in total. The molecule has 0 saturated heterocycles. The molecule has 1 amide bonds. The SMILES string of the molecule is Cc1ccc2c(c1)C(C)(C)C(=CC=CC1=[N+](CCCCCC(=O)NCCCN=[N+]=[N-])c3ccc(S(=O)(=O)O)cc3C1(C)C)N2CCCC1=C/C=C\C=C/C=C1. The quantitative estimate of drug-likeness (QED) is 0.0413. The average molecular weight is 764 g/mol. The van der Waals surface area contributed by atoms with E-state index in [4.69, 9.17) is 5.53 Å². The molecule has 0 fully saturated rings. The number of nitrogens with one attached hydrogen (secondary N) is 1. The molecule has 1 aliphatic carbocycles. The summed E-state index contributed by atoms with van der Waals surface area (Å²) in [5.74, 6) is -0.0147. The number of nitrogens with zero attached hydrogens (tertiary/aromatic N) is 5. The van der Waals surface area contributed by atoms with E-state index in [9.17, 15) is 17.8 Å². The Morgan fingerprint density at radius 3 is 2.53 bits per heavy atom. The van der Waals surface area contributed by atoms with Gasteiger partial charge < -0.3 is 10.2 Å². The molecule has 0 atom stereocenters. The number of hydrogen-bond acceptors (Lipinski definition) is 5. The second-order valence-electron chi connectivity index (χ2n) is 15.5. The molecular formula is C44H55N6O4S+. The topological polar surface area (TPSA) is 138 Å². The predicted octanol–water partition coefficient (Wildman–Crippen LogP) is 9.62. The zero-order chi connectivity index (χ0) is 39.6. The lowest BCUT2D eigenvalue weighted by atomic mass is 9.81. The first kappa shape index (κ1) is 41.2. The maximum atomic E-state index is 12.3. The highest BCUT2D eigenvalue weighted by Gasteiger charge is 2.45. The van der Waals surface area contributed by atoms with Crippen molar-refractivity contribution in [2.75, 3.05) is 31.1 Å². The molecule has 0 radical (unpaired) electrons. The van der Waals surface area contributed by atoms with E-state index in [0.29, 0.717) is 32.5 Å². The molecule has 2 heterocycles. The largest absolute Gasteiger partial charge is 0.356 e. The Morgan fingerprint density at radius 1 is 0.964 bits per heavy atom. The van der Waals surface area contributed by atoms with Crippen LogP contribution in [0, 0.1) is 6.92 Å². The monoisotopic (exact) mass is 763 g/mol. The van der Waals surface area contributed by atoms with Gasteiger partial charge in [0, 0.05) is 71.9 Å². The van der Waals surface area contributed by atoms with Crippen LogP contribution in [-0.4, -0.2) is 55.3 Å². The van der Waals surface area contributed by atoms with E-state index < -0.39 is 15.5 Å². The molecule has 0 saturated carbocycles. The van der Waals surface area contributed by atoms with Crippen molar-refractivity contribution in [1.29, 1.82) is 0 Å². The van der Waals surface area contributed by atoms with Gasteiger partial charge in [0.05, 0.1) is 10.3 Å². The van der Waals surface area contributed by atoms with E-state index in [1.165, 1.54) is 34.2 Å². The average Bonchev–Trinajstić information content (AvgIpc) is 3.46. The molecule has 55 heavy (non-hydrogen) atoms. The molecule has 0 aromatic heterocycles. The maximum absolute atomic E-state index is 12.3. The third kappa shape index (κ3) is 10.0. The minimum Gasteiger partial charge on any atom is -0.356 e. The second-order valence-corrected chi connectivity index (χ2v) is 16.9. The van der Waals surface area contributed by atoms with Crippen LogP contribution in [0.3, 0.4) is 0 Å². The number of allylic oxidation sites excluding steroid dienone is 12. The first-order valence-corrected chi connectivity index (χ1v) is 20.7. The van der Waals surface area contributed by atoms with Crippen molar-refractivity contribution in [3.05, 3.63) is 136 Å². The Labute approximate surface area is 326 Å². The molecule has 10 nitrogen and oxygen atoms in total. The molecule has 5 rings (SSSR count). The summed E-state index contributed by atoms with van der Waals surface area (Å²) in [7, 11) is -4.38. The molecule has 2 aliphatic heterocycles. The summed E-state index contributed by atoms with van der Waals surface area (Å²) in [5, 5.41) is 6.38. The van der Waals surface area contributed by atoms with Crippen molar-refractivity contribution in [3.63, 3.8) is 0 Å². The Kier molecular flexibility index (Phi) is 13.6. The molecule has 290 valence electrons. The molecular weight excluding hydrogens is 709 g/mol. The van der Waals surface area contributed by atoms with Gasteiger partial charge in [-0.2, -0.15) is 13.0 Å². The summed E-state index contributed by atoms with van der Waals surface area (Å²) in [4.78, 5) is 17.4. The number of unbranched alkanes of at least 4 members (excludes halogenated alkanes) is 2. The number of azide groups is 1. The smallest absolute Gasteiger partial charge is 0.294 e. The van der Waals surface area contributed by atoms with Crippen molar-refractivity contribution >= 4 is 33.1 Å². The minimum atomic E-state index is -4.38. The molecule has 3 aliphatic rings. The van der Waals surface area contributed by atoms with Crippen molar-refractivity contribution in [2.24, 2.45) is 5.11 Å². The summed E-state index contributed by atoms with van der Waals surface area (Å²) < 4.78 is 36.5. The predicted molar refractivity (Wildman–Crippen MR) is 223 cm³/mol. The third-order valence-electron chi connectivity index (χ3n) is 10.7.